The molecule has 0 fully saturated rings. The fraction of sp³-hybridized carbons (Fsp3) is 0.875. The zero-order chi connectivity index (χ0) is 8.41. The lowest BCUT2D eigenvalue weighted by Crippen LogP contribution is -2.34. The molecule has 0 spiro atoms. The number of nitrogens with zero attached hydrogens (tertiary/aromatic N) is 1. The van der Waals surface area contributed by atoms with Gasteiger partial charge in [0.25, 0.3) is 0 Å². The average molecular weight is 141 g/mol. The van der Waals surface area contributed by atoms with E-state index in [0.29, 0.717) is 0 Å². The van der Waals surface area contributed by atoms with E-state index in [4.69, 9.17) is 10.4 Å². The zero-order valence-corrected chi connectivity index (χ0v) is 7.10. The molecule has 0 rings (SSSR count). The highest BCUT2D eigenvalue weighted by atomic mass is 16.3. The summed E-state index contributed by atoms with van der Waals surface area (Å²) in [6.45, 7) is 7.49. The molecule has 58 valence electrons. The Kier molecular flexibility index (Phi) is 2.45. The van der Waals surface area contributed by atoms with Crippen molar-refractivity contribution in [3.63, 3.8) is 0 Å². The Hall–Kier alpha value is -0.550. The minimum absolute atomic E-state index is 0.0492. The molecule has 0 aliphatic rings. The summed E-state index contributed by atoms with van der Waals surface area (Å²) in [6, 6.07) is 2.17. The summed E-state index contributed by atoms with van der Waals surface area (Å²) in [7, 11) is 0. The zero-order valence-electron chi connectivity index (χ0n) is 7.10. The van der Waals surface area contributed by atoms with E-state index in [0.717, 1.165) is 0 Å². The third-order valence-corrected chi connectivity index (χ3v) is 2.37. The molecule has 2 heteroatoms. The molecule has 0 amide bonds. The third-order valence-electron chi connectivity index (χ3n) is 2.37. The van der Waals surface area contributed by atoms with Crippen LogP contribution in [0.1, 0.15) is 27.7 Å². The Bertz CT molecular complexity index is 153. The van der Waals surface area contributed by atoms with Crippen LogP contribution >= 0.6 is 0 Å². The first-order valence-corrected chi connectivity index (χ1v) is 3.39. The van der Waals surface area contributed by atoms with Crippen LogP contribution in [0.15, 0.2) is 0 Å². The molecular weight excluding hydrogens is 126 g/mol. The third kappa shape index (κ3) is 1.48. The van der Waals surface area contributed by atoms with Crippen LogP contribution < -0.4 is 0 Å². The maximum atomic E-state index is 8.91. The molecule has 0 heterocycles. The highest BCUT2D eigenvalue weighted by Gasteiger charge is 2.36. The van der Waals surface area contributed by atoms with Crippen molar-refractivity contribution in [1.82, 2.24) is 0 Å². The SMILES string of the molecule is CC(C)(C#N)C(C)(C)CO. The van der Waals surface area contributed by atoms with E-state index in [1.165, 1.54) is 0 Å². The molecule has 10 heavy (non-hydrogen) atoms. The summed E-state index contributed by atoms with van der Waals surface area (Å²) in [5, 5.41) is 17.6. The van der Waals surface area contributed by atoms with Crippen LogP contribution in [0.4, 0.5) is 0 Å². The number of aliphatic hydroxyl groups is 1. The van der Waals surface area contributed by atoms with Crippen molar-refractivity contribution in [1.29, 1.82) is 5.26 Å². The summed E-state index contributed by atoms with van der Waals surface area (Å²) in [5.74, 6) is 0. The summed E-state index contributed by atoms with van der Waals surface area (Å²) >= 11 is 0. The minimum atomic E-state index is -0.457. The lowest BCUT2D eigenvalue weighted by atomic mass is 9.69. The second-order valence-electron chi connectivity index (χ2n) is 3.78. The largest absolute Gasteiger partial charge is 0.396 e. The van der Waals surface area contributed by atoms with Crippen LogP contribution in [0.3, 0.4) is 0 Å². The van der Waals surface area contributed by atoms with Crippen molar-refractivity contribution < 1.29 is 5.11 Å². The molecule has 0 aliphatic heterocycles. The van der Waals surface area contributed by atoms with Gasteiger partial charge in [-0.15, -0.1) is 0 Å². The predicted octanol–water partition coefficient (Wildman–Crippen LogP) is 1.55. The molecule has 0 unspecified atom stereocenters. The van der Waals surface area contributed by atoms with Gasteiger partial charge in [0.05, 0.1) is 11.5 Å². The first-order valence-electron chi connectivity index (χ1n) is 3.39. The second-order valence-corrected chi connectivity index (χ2v) is 3.78. The van der Waals surface area contributed by atoms with Crippen LogP contribution in [-0.4, -0.2) is 11.7 Å². The van der Waals surface area contributed by atoms with Crippen molar-refractivity contribution in [2.24, 2.45) is 10.8 Å². The molecular formula is C8H15NO. The lowest BCUT2D eigenvalue weighted by molar-refractivity contribution is 0.0745. The first-order chi connectivity index (χ1) is 4.37. The Balaban J connectivity index is 4.49. The topological polar surface area (TPSA) is 44.0 Å². The van der Waals surface area contributed by atoms with Gasteiger partial charge >= 0.3 is 0 Å². The molecule has 0 saturated carbocycles. The highest BCUT2D eigenvalue weighted by molar-refractivity contribution is 5.01. The maximum absolute atomic E-state index is 8.91. The van der Waals surface area contributed by atoms with Crippen LogP contribution in [0.2, 0.25) is 0 Å². The van der Waals surface area contributed by atoms with Gasteiger partial charge in [-0.05, 0) is 13.8 Å². The van der Waals surface area contributed by atoms with Crippen molar-refractivity contribution in [2.75, 3.05) is 6.61 Å². The van der Waals surface area contributed by atoms with Gasteiger partial charge < -0.3 is 5.11 Å². The number of rotatable bonds is 2. The normalized spacial score (nSPS) is 12.8. The number of hydrogen-bond acceptors (Lipinski definition) is 2. The smallest absolute Gasteiger partial charge is 0.0690 e. The van der Waals surface area contributed by atoms with Crippen molar-refractivity contribution >= 4 is 0 Å². The van der Waals surface area contributed by atoms with E-state index < -0.39 is 5.41 Å². The fourth-order valence-corrected chi connectivity index (χ4v) is 0.349. The van der Waals surface area contributed by atoms with E-state index in [1.54, 1.807) is 0 Å². The van der Waals surface area contributed by atoms with Crippen molar-refractivity contribution in [3.05, 3.63) is 0 Å². The van der Waals surface area contributed by atoms with Gasteiger partial charge in [0.2, 0.25) is 0 Å². The molecule has 0 saturated heterocycles. The van der Waals surface area contributed by atoms with Gasteiger partial charge in [0.15, 0.2) is 0 Å². The highest BCUT2D eigenvalue weighted by Crippen LogP contribution is 2.36. The molecule has 0 aliphatic carbocycles. The lowest BCUT2D eigenvalue weighted by Gasteiger charge is -2.33. The monoisotopic (exact) mass is 141 g/mol. The van der Waals surface area contributed by atoms with E-state index in [9.17, 15) is 0 Å². The number of aliphatic hydroxyl groups excluding tert-OH is 1. The molecule has 1 N–H and O–H groups in total. The Morgan fingerprint density at radius 2 is 1.70 bits per heavy atom. The summed E-state index contributed by atoms with van der Waals surface area (Å²) in [4.78, 5) is 0. The fourth-order valence-electron chi connectivity index (χ4n) is 0.349. The van der Waals surface area contributed by atoms with E-state index in [-0.39, 0.29) is 12.0 Å². The van der Waals surface area contributed by atoms with Gasteiger partial charge in [-0.3, -0.25) is 0 Å². The number of hydrogen-bond donors (Lipinski definition) is 1. The molecule has 0 radical (unpaired) electrons. The molecule has 0 atom stereocenters. The van der Waals surface area contributed by atoms with E-state index >= 15 is 0 Å². The van der Waals surface area contributed by atoms with Gasteiger partial charge in [-0.2, -0.15) is 5.26 Å². The van der Waals surface area contributed by atoms with Crippen LogP contribution in [-0.2, 0) is 0 Å². The number of nitriles is 1. The predicted molar refractivity (Wildman–Crippen MR) is 40.3 cm³/mol. The summed E-state index contributed by atoms with van der Waals surface area (Å²) in [6.07, 6.45) is 0. The van der Waals surface area contributed by atoms with E-state index in [1.807, 2.05) is 27.7 Å². The first kappa shape index (κ1) is 9.45. The summed E-state index contributed by atoms with van der Waals surface area (Å²) in [5.41, 5.74) is -0.774. The van der Waals surface area contributed by atoms with Gasteiger partial charge in [-0.1, -0.05) is 13.8 Å². The van der Waals surface area contributed by atoms with Crippen LogP contribution in [0.5, 0.6) is 0 Å². The van der Waals surface area contributed by atoms with Gasteiger partial charge in [0, 0.05) is 12.0 Å². The Labute approximate surface area is 62.5 Å². The van der Waals surface area contributed by atoms with Crippen molar-refractivity contribution in [2.45, 2.75) is 27.7 Å². The Morgan fingerprint density at radius 1 is 1.30 bits per heavy atom. The average Bonchev–Trinajstić information content (AvgIpc) is 1.88. The molecule has 0 aromatic carbocycles. The van der Waals surface area contributed by atoms with E-state index in [2.05, 4.69) is 6.07 Å². The standard InChI is InChI=1S/C8H15NO/c1-7(2,5-9)8(3,4)6-10/h10H,6H2,1-4H3. The molecule has 0 bridgehead atoms. The van der Waals surface area contributed by atoms with Crippen LogP contribution in [0, 0.1) is 22.2 Å². The van der Waals surface area contributed by atoms with Gasteiger partial charge in [0.1, 0.15) is 0 Å². The summed E-state index contributed by atoms with van der Waals surface area (Å²) < 4.78 is 0. The second kappa shape index (κ2) is 2.59. The van der Waals surface area contributed by atoms with Crippen molar-refractivity contribution in [3.8, 4) is 6.07 Å². The maximum Gasteiger partial charge on any atom is 0.0690 e. The van der Waals surface area contributed by atoms with Crippen LogP contribution in [0.25, 0.3) is 0 Å². The molecule has 0 aromatic heterocycles. The Morgan fingerprint density at radius 3 is 1.80 bits per heavy atom. The van der Waals surface area contributed by atoms with Gasteiger partial charge in [-0.25, -0.2) is 0 Å². The molecule has 0 aromatic rings. The quantitative estimate of drug-likeness (QED) is 0.634. The minimum Gasteiger partial charge on any atom is -0.396 e. The molecule has 2 nitrogen and oxygen atoms in total.